The molecule has 2 heteroatoms. The van der Waals surface area contributed by atoms with Gasteiger partial charge in [-0.15, -0.1) is 0 Å². The number of ether oxygens (including phenoxy) is 1. The number of hydrogen-bond donors (Lipinski definition) is 1. The molecular formula is C15H23NO. The van der Waals surface area contributed by atoms with Crippen molar-refractivity contribution in [2.75, 3.05) is 19.8 Å². The highest BCUT2D eigenvalue weighted by molar-refractivity contribution is 5.26. The van der Waals surface area contributed by atoms with Gasteiger partial charge in [-0.05, 0) is 32.3 Å². The van der Waals surface area contributed by atoms with Crippen LogP contribution in [0.15, 0.2) is 24.3 Å². The molecule has 2 nitrogen and oxygen atoms in total. The molecule has 17 heavy (non-hydrogen) atoms. The third-order valence-electron chi connectivity index (χ3n) is 3.27. The van der Waals surface area contributed by atoms with Crippen molar-refractivity contribution in [2.24, 2.45) is 0 Å². The summed E-state index contributed by atoms with van der Waals surface area (Å²) >= 11 is 0. The molecular weight excluding hydrogens is 210 g/mol. The first-order chi connectivity index (χ1) is 8.29. The average Bonchev–Trinajstić information content (AvgIpc) is 3.13. The molecule has 1 N–H and O–H groups in total. The molecule has 0 amide bonds. The van der Waals surface area contributed by atoms with Crippen LogP contribution in [0.5, 0.6) is 0 Å². The molecule has 1 aromatic carbocycles. The van der Waals surface area contributed by atoms with E-state index in [0.29, 0.717) is 5.92 Å². The summed E-state index contributed by atoms with van der Waals surface area (Å²) in [4.78, 5) is 0. The van der Waals surface area contributed by atoms with Gasteiger partial charge in [-0.1, -0.05) is 29.8 Å². The molecule has 0 spiro atoms. The van der Waals surface area contributed by atoms with Crippen molar-refractivity contribution >= 4 is 0 Å². The Morgan fingerprint density at radius 3 is 2.88 bits per heavy atom. The molecule has 0 saturated heterocycles. The minimum Gasteiger partial charge on any atom is -0.381 e. The van der Waals surface area contributed by atoms with Gasteiger partial charge in [0.15, 0.2) is 0 Å². The Kier molecular flexibility index (Phi) is 4.57. The molecule has 0 bridgehead atoms. The second-order valence-corrected chi connectivity index (χ2v) is 4.95. The smallest absolute Gasteiger partial charge is 0.0546 e. The van der Waals surface area contributed by atoms with Crippen molar-refractivity contribution in [2.45, 2.75) is 38.6 Å². The highest BCUT2D eigenvalue weighted by Gasteiger charge is 2.22. The average molecular weight is 233 g/mol. The van der Waals surface area contributed by atoms with Crippen LogP contribution in [0.3, 0.4) is 0 Å². The van der Waals surface area contributed by atoms with E-state index < -0.39 is 0 Å². The first-order valence-corrected chi connectivity index (χ1v) is 6.67. The summed E-state index contributed by atoms with van der Waals surface area (Å²) in [6.07, 6.45) is 2.68. The molecule has 0 radical (unpaired) electrons. The lowest BCUT2D eigenvalue weighted by Crippen LogP contribution is -2.26. The zero-order valence-electron chi connectivity index (χ0n) is 10.9. The number of benzene rings is 1. The minimum atomic E-state index is 0.482. The highest BCUT2D eigenvalue weighted by Crippen LogP contribution is 2.22. The van der Waals surface area contributed by atoms with Crippen LogP contribution < -0.4 is 5.32 Å². The van der Waals surface area contributed by atoms with Crippen LogP contribution in [0.2, 0.25) is 0 Å². The fourth-order valence-corrected chi connectivity index (χ4v) is 2.05. The van der Waals surface area contributed by atoms with Crippen molar-refractivity contribution in [3.05, 3.63) is 35.4 Å². The van der Waals surface area contributed by atoms with Crippen molar-refractivity contribution in [3.8, 4) is 0 Å². The van der Waals surface area contributed by atoms with Gasteiger partial charge in [0.1, 0.15) is 0 Å². The summed E-state index contributed by atoms with van der Waals surface area (Å²) in [5.41, 5.74) is 2.72. The lowest BCUT2D eigenvalue weighted by Gasteiger charge is -2.18. The van der Waals surface area contributed by atoms with E-state index in [9.17, 15) is 0 Å². The van der Waals surface area contributed by atoms with Gasteiger partial charge in [0.25, 0.3) is 0 Å². The van der Waals surface area contributed by atoms with Gasteiger partial charge in [0.2, 0.25) is 0 Å². The standard InChI is InChI=1S/C15H23NO/c1-3-17-11-14(10-16-15-7-8-15)13-6-4-5-12(2)9-13/h4-6,9,14-16H,3,7-8,10-11H2,1-2H3. The molecule has 1 aromatic rings. The van der Waals surface area contributed by atoms with E-state index in [0.717, 1.165) is 25.8 Å². The highest BCUT2D eigenvalue weighted by atomic mass is 16.5. The maximum atomic E-state index is 5.60. The van der Waals surface area contributed by atoms with E-state index >= 15 is 0 Å². The van der Waals surface area contributed by atoms with Crippen molar-refractivity contribution < 1.29 is 4.74 Å². The minimum absolute atomic E-state index is 0.482. The van der Waals surface area contributed by atoms with E-state index in [2.05, 4.69) is 43.4 Å². The van der Waals surface area contributed by atoms with Gasteiger partial charge in [0.05, 0.1) is 6.61 Å². The second kappa shape index (κ2) is 6.18. The van der Waals surface area contributed by atoms with Crippen molar-refractivity contribution in [1.82, 2.24) is 5.32 Å². The third kappa shape index (κ3) is 4.14. The lowest BCUT2D eigenvalue weighted by molar-refractivity contribution is 0.131. The van der Waals surface area contributed by atoms with Crippen LogP contribution in [-0.4, -0.2) is 25.8 Å². The van der Waals surface area contributed by atoms with Crippen LogP contribution in [-0.2, 0) is 4.74 Å². The Bertz CT molecular complexity index is 347. The Morgan fingerprint density at radius 1 is 1.41 bits per heavy atom. The van der Waals surface area contributed by atoms with Gasteiger partial charge in [-0.25, -0.2) is 0 Å². The monoisotopic (exact) mass is 233 g/mol. The first kappa shape index (κ1) is 12.6. The molecule has 0 aromatic heterocycles. The van der Waals surface area contributed by atoms with Crippen LogP contribution in [0.1, 0.15) is 36.8 Å². The predicted octanol–water partition coefficient (Wildman–Crippen LogP) is 2.87. The van der Waals surface area contributed by atoms with Crippen molar-refractivity contribution in [1.29, 1.82) is 0 Å². The maximum absolute atomic E-state index is 5.60. The normalized spacial score (nSPS) is 17.1. The van der Waals surface area contributed by atoms with E-state index in [4.69, 9.17) is 4.74 Å². The zero-order valence-corrected chi connectivity index (χ0v) is 10.9. The molecule has 94 valence electrons. The number of hydrogen-bond acceptors (Lipinski definition) is 2. The van der Waals surface area contributed by atoms with E-state index in [1.807, 2.05) is 0 Å². The number of nitrogens with one attached hydrogen (secondary N) is 1. The Labute approximate surface area is 104 Å². The molecule has 2 rings (SSSR count). The summed E-state index contributed by atoms with van der Waals surface area (Å²) < 4.78 is 5.60. The fraction of sp³-hybridized carbons (Fsp3) is 0.600. The first-order valence-electron chi connectivity index (χ1n) is 6.67. The van der Waals surface area contributed by atoms with E-state index in [1.165, 1.54) is 24.0 Å². The second-order valence-electron chi connectivity index (χ2n) is 4.95. The molecule has 0 heterocycles. The molecule has 1 aliphatic carbocycles. The number of aryl methyl sites for hydroxylation is 1. The van der Waals surface area contributed by atoms with Gasteiger partial charge in [-0.3, -0.25) is 0 Å². The SMILES string of the molecule is CCOCC(CNC1CC1)c1cccc(C)c1. The summed E-state index contributed by atoms with van der Waals surface area (Å²) in [6, 6.07) is 9.55. The van der Waals surface area contributed by atoms with Crippen LogP contribution in [0, 0.1) is 6.92 Å². The van der Waals surface area contributed by atoms with Crippen LogP contribution >= 0.6 is 0 Å². The fourth-order valence-electron chi connectivity index (χ4n) is 2.05. The molecule has 1 fully saturated rings. The van der Waals surface area contributed by atoms with Crippen LogP contribution in [0.25, 0.3) is 0 Å². The number of rotatable bonds is 7. The van der Waals surface area contributed by atoms with Crippen molar-refractivity contribution in [3.63, 3.8) is 0 Å². The van der Waals surface area contributed by atoms with Gasteiger partial charge in [0, 0.05) is 25.1 Å². The topological polar surface area (TPSA) is 21.3 Å². The van der Waals surface area contributed by atoms with Crippen LogP contribution in [0.4, 0.5) is 0 Å². The third-order valence-corrected chi connectivity index (χ3v) is 3.27. The Balaban J connectivity index is 1.96. The lowest BCUT2D eigenvalue weighted by atomic mass is 9.98. The summed E-state index contributed by atoms with van der Waals surface area (Å²) in [7, 11) is 0. The van der Waals surface area contributed by atoms with E-state index in [1.54, 1.807) is 0 Å². The zero-order chi connectivity index (χ0) is 12.1. The van der Waals surface area contributed by atoms with Gasteiger partial charge >= 0.3 is 0 Å². The van der Waals surface area contributed by atoms with Gasteiger partial charge < -0.3 is 10.1 Å². The predicted molar refractivity (Wildman–Crippen MR) is 71.4 cm³/mol. The summed E-state index contributed by atoms with van der Waals surface area (Å²) in [6.45, 7) is 6.86. The maximum Gasteiger partial charge on any atom is 0.0546 e. The Hall–Kier alpha value is -0.860. The molecule has 1 unspecified atom stereocenters. The summed E-state index contributed by atoms with van der Waals surface area (Å²) in [5.74, 6) is 0.482. The Morgan fingerprint density at radius 2 is 2.24 bits per heavy atom. The van der Waals surface area contributed by atoms with Gasteiger partial charge in [-0.2, -0.15) is 0 Å². The molecule has 1 saturated carbocycles. The molecule has 1 aliphatic rings. The van der Waals surface area contributed by atoms with E-state index in [-0.39, 0.29) is 0 Å². The summed E-state index contributed by atoms with van der Waals surface area (Å²) in [5, 5.41) is 3.60. The molecule has 0 aliphatic heterocycles. The molecule has 1 atom stereocenters. The largest absolute Gasteiger partial charge is 0.381 e. The quantitative estimate of drug-likeness (QED) is 0.782.